The zero-order chi connectivity index (χ0) is 21.7. The van der Waals surface area contributed by atoms with Crippen LogP contribution in [0.5, 0.6) is 23.0 Å². The van der Waals surface area contributed by atoms with Crippen LogP contribution in [0.2, 0.25) is 0 Å². The Morgan fingerprint density at radius 2 is 1.77 bits per heavy atom. The summed E-state index contributed by atoms with van der Waals surface area (Å²) in [5.41, 5.74) is 12.1. The van der Waals surface area contributed by atoms with Gasteiger partial charge in [-0.15, -0.1) is 0 Å². The molecule has 9 nitrogen and oxygen atoms in total. The first-order valence-corrected chi connectivity index (χ1v) is 9.17. The Hall–Kier alpha value is -3.84. The molecule has 0 fully saturated rings. The molecule has 0 amide bonds. The number of hydrogen-bond donors (Lipinski definition) is 1. The summed E-state index contributed by atoms with van der Waals surface area (Å²) in [5, 5.41) is 14.4. The third kappa shape index (κ3) is 4.11. The van der Waals surface area contributed by atoms with Gasteiger partial charge in [0.15, 0.2) is 17.4 Å². The van der Waals surface area contributed by atoms with Crippen molar-refractivity contribution in [1.82, 2.24) is 9.55 Å². The van der Waals surface area contributed by atoms with E-state index in [2.05, 4.69) is 15.0 Å². The zero-order valence-corrected chi connectivity index (χ0v) is 17.3. The van der Waals surface area contributed by atoms with Crippen molar-refractivity contribution in [2.45, 2.75) is 12.8 Å². The molecule has 1 heterocycles. The average molecular weight is 409 g/mol. The maximum atomic E-state index is 10.7. The largest absolute Gasteiger partial charge is 0.504 e. The molecule has 1 N–H and O–H groups in total. The summed E-state index contributed by atoms with van der Waals surface area (Å²) in [5.74, 6) is 1.74. The van der Waals surface area contributed by atoms with E-state index in [1.807, 2.05) is 24.3 Å². The predicted octanol–water partition coefficient (Wildman–Crippen LogP) is 4.27. The zero-order valence-electron chi connectivity index (χ0n) is 17.3. The molecule has 30 heavy (non-hydrogen) atoms. The van der Waals surface area contributed by atoms with Gasteiger partial charge < -0.3 is 23.9 Å². The van der Waals surface area contributed by atoms with Crippen molar-refractivity contribution < 1.29 is 19.3 Å². The van der Waals surface area contributed by atoms with Crippen LogP contribution < -0.4 is 14.2 Å². The van der Waals surface area contributed by atoms with Crippen molar-refractivity contribution in [2.24, 2.45) is 12.2 Å². The maximum Gasteiger partial charge on any atom is 0.203 e. The molecule has 3 rings (SSSR count). The molecule has 0 unspecified atom stereocenters. The van der Waals surface area contributed by atoms with E-state index in [0.717, 1.165) is 22.7 Å². The Bertz CT molecular complexity index is 1090. The minimum Gasteiger partial charge on any atom is -0.504 e. The van der Waals surface area contributed by atoms with E-state index < -0.39 is 0 Å². The highest BCUT2D eigenvalue weighted by atomic mass is 16.5. The predicted molar refractivity (Wildman–Crippen MR) is 112 cm³/mol. The number of aromatic nitrogens is 2. The van der Waals surface area contributed by atoms with Gasteiger partial charge in [0.2, 0.25) is 5.75 Å². The lowest BCUT2D eigenvalue weighted by molar-refractivity contribution is 0.331. The highest BCUT2D eigenvalue weighted by Gasteiger charge is 2.19. The Labute approximate surface area is 174 Å². The number of hydrogen-bond acceptors (Lipinski definition) is 6. The average Bonchev–Trinajstić information content (AvgIpc) is 3.04. The maximum absolute atomic E-state index is 10.7. The fourth-order valence-electron chi connectivity index (χ4n) is 3.28. The van der Waals surface area contributed by atoms with E-state index >= 15 is 0 Å². The van der Waals surface area contributed by atoms with Crippen molar-refractivity contribution in [3.63, 3.8) is 0 Å². The van der Waals surface area contributed by atoms with Gasteiger partial charge in [-0.25, -0.2) is 4.98 Å². The van der Waals surface area contributed by atoms with Gasteiger partial charge in [0.05, 0.1) is 27.0 Å². The number of nitrogens with zero attached hydrogens (tertiary/aromatic N) is 5. The van der Waals surface area contributed by atoms with E-state index in [4.69, 9.17) is 19.7 Å². The fourth-order valence-corrected chi connectivity index (χ4v) is 3.28. The highest BCUT2D eigenvalue weighted by Crippen LogP contribution is 2.40. The summed E-state index contributed by atoms with van der Waals surface area (Å²) in [6.45, 7) is 0. The smallest absolute Gasteiger partial charge is 0.203 e. The van der Waals surface area contributed by atoms with Gasteiger partial charge >= 0.3 is 0 Å². The molecule has 0 bridgehead atoms. The number of imidazole rings is 1. The lowest BCUT2D eigenvalue weighted by Crippen LogP contribution is -2.03. The van der Waals surface area contributed by atoms with Gasteiger partial charge in [0.25, 0.3) is 0 Å². The molecular formula is C21H23N5O4. The van der Waals surface area contributed by atoms with Crippen LogP contribution in [0, 0.1) is 0 Å². The van der Waals surface area contributed by atoms with Crippen LogP contribution in [-0.2, 0) is 19.9 Å². The van der Waals surface area contributed by atoms with Gasteiger partial charge in [-0.3, -0.25) is 0 Å². The van der Waals surface area contributed by atoms with Crippen LogP contribution in [0.3, 0.4) is 0 Å². The second-order valence-electron chi connectivity index (χ2n) is 6.56. The van der Waals surface area contributed by atoms with Crippen molar-refractivity contribution in [3.05, 3.63) is 69.4 Å². The number of phenols is 1. The van der Waals surface area contributed by atoms with E-state index in [0.29, 0.717) is 24.2 Å². The molecule has 0 saturated heterocycles. The van der Waals surface area contributed by atoms with E-state index in [1.165, 1.54) is 14.2 Å². The topological polar surface area (TPSA) is 115 Å². The highest BCUT2D eigenvalue weighted by molar-refractivity contribution is 5.56. The number of rotatable bonds is 8. The van der Waals surface area contributed by atoms with Crippen LogP contribution in [0.1, 0.15) is 22.5 Å². The molecule has 0 saturated carbocycles. The molecule has 0 aliphatic heterocycles. The normalized spacial score (nSPS) is 10.4. The molecule has 0 spiro atoms. The number of azide groups is 1. The van der Waals surface area contributed by atoms with Gasteiger partial charge in [-0.1, -0.05) is 18.2 Å². The first-order chi connectivity index (χ1) is 14.5. The molecule has 2 aromatic carbocycles. The molecule has 0 radical (unpaired) electrons. The lowest BCUT2D eigenvalue weighted by Gasteiger charge is -2.14. The molecule has 156 valence electrons. The van der Waals surface area contributed by atoms with Crippen molar-refractivity contribution in [2.75, 3.05) is 21.3 Å². The standard InChI is InChI=1S/C21H23N5O4/c1-26-17(12-14-7-10-18(29-3)20(30-4)19(14)27)16(23-21(26)24-25-22)11-13-5-8-15(28-2)9-6-13/h5-10,27H,11-12H2,1-4H3. The SMILES string of the molecule is COc1ccc(Cc2nc(N=[N+]=[N-])n(C)c2Cc2ccc(OC)c(OC)c2O)cc1. The van der Waals surface area contributed by atoms with Crippen LogP contribution in [0.4, 0.5) is 5.95 Å². The summed E-state index contributed by atoms with van der Waals surface area (Å²) < 4.78 is 17.5. The molecule has 3 aromatic rings. The Morgan fingerprint density at radius 3 is 2.37 bits per heavy atom. The third-order valence-corrected chi connectivity index (χ3v) is 4.90. The van der Waals surface area contributed by atoms with Crippen molar-refractivity contribution in [3.8, 4) is 23.0 Å². The Morgan fingerprint density at radius 1 is 1.03 bits per heavy atom. The summed E-state index contributed by atoms with van der Waals surface area (Å²) in [7, 11) is 6.38. The lowest BCUT2D eigenvalue weighted by atomic mass is 10.0. The minimum atomic E-state index is -0.00113. The number of aromatic hydroxyl groups is 1. The first kappa shape index (κ1) is 20.9. The second kappa shape index (κ2) is 9.11. The molecule has 9 heteroatoms. The summed E-state index contributed by atoms with van der Waals surface area (Å²) in [6.07, 6.45) is 0.893. The van der Waals surface area contributed by atoms with Crippen molar-refractivity contribution >= 4 is 5.95 Å². The quantitative estimate of drug-likeness (QED) is 0.339. The van der Waals surface area contributed by atoms with Crippen LogP contribution in [0.15, 0.2) is 41.5 Å². The number of phenolic OH excluding ortho intramolecular Hbond substituents is 1. The van der Waals surface area contributed by atoms with Gasteiger partial charge in [0, 0.05) is 36.1 Å². The monoisotopic (exact) mass is 409 g/mol. The van der Waals surface area contributed by atoms with Gasteiger partial charge in [-0.05, 0) is 34.4 Å². The van der Waals surface area contributed by atoms with E-state index in [-0.39, 0.29) is 17.4 Å². The van der Waals surface area contributed by atoms with Gasteiger partial charge in [0.1, 0.15) is 5.75 Å². The van der Waals surface area contributed by atoms with E-state index in [1.54, 1.807) is 30.9 Å². The number of benzene rings is 2. The van der Waals surface area contributed by atoms with Crippen molar-refractivity contribution in [1.29, 1.82) is 0 Å². The van der Waals surface area contributed by atoms with Crippen LogP contribution in [-0.4, -0.2) is 36.0 Å². The molecule has 1 aromatic heterocycles. The Balaban J connectivity index is 2.02. The van der Waals surface area contributed by atoms with E-state index in [9.17, 15) is 5.11 Å². The number of ether oxygens (including phenoxy) is 3. The summed E-state index contributed by atoms with van der Waals surface area (Å²) in [4.78, 5) is 7.38. The molecular weight excluding hydrogens is 386 g/mol. The minimum absolute atomic E-state index is 0.00113. The molecule has 0 atom stereocenters. The van der Waals surface area contributed by atoms with Gasteiger partial charge in [-0.2, -0.15) is 0 Å². The molecule has 0 aliphatic carbocycles. The third-order valence-electron chi connectivity index (χ3n) is 4.90. The number of methoxy groups -OCH3 is 3. The first-order valence-electron chi connectivity index (χ1n) is 9.17. The van der Waals surface area contributed by atoms with Crippen LogP contribution >= 0.6 is 0 Å². The summed E-state index contributed by atoms with van der Waals surface area (Å²) >= 11 is 0. The van der Waals surface area contributed by atoms with Crippen LogP contribution in [0.25, 0.3) is 10.4 Å². The Kier molecular flexibility index (Phi) is 6.34. The second-order valence-corrected chi connectivity index (χ2v) is 6.56. The summed E-state index contributed by atoms with van der Waals surface area (Å²) in [6, 6.07) is 11.2. The fraction of sp³-hybridized carbons (Fsp3) is 0.286. The molecule has 0 aliphatic rings.